The van der Waals surface area contributed by atoms with Crippen LogP contribution in [-0.2, 0) is 23.2 Å². The maximum atomic E-state index is 11.6. The van der Waals surface area contributed by atoms with Crippen LogP contribution in [0.2, 0.25) is 5.02 Å². The van der Waals surface area contributed by atoms with Crippen LogP contribution in [-0.4, -0.2) is 29.4 Å². The van der Waals surface area contributed by atoms with Gasteiger partial charge < -0.3 is 14.8 Å². The zero-order valence-electron chi connectivity index (χ0n) is 15.1. The predicted octanol–water partition coefficient (Wildman–Crippen LogP) is 3.90. The summed E-state index contributed by atoms with van der Waals surface area (Å²) in [4.78, 5) is 11.6. The Hall–Kier alpha value is -2.99. The van der Waals surface area contributed by atoms with E-state index in [4.69, 9.17) is 21.1 Å². The quantitative estimate of drug-likeness (QED) is 0.625. The second kappa shape index (κ2) is 8.60. The van der Waals surface area contributed by atoms with Gasteiger partial charge in [-0.1, -0.05) is 41.9 Å². The molecule has 0 saturated heterocycles. The lowest BCUT2D eigenvalue weighted by Crippen LogP contribution is -2.16. The highest BCUT2D eigenvalue weighted by atomic mass is 35.5. The van der Waals surface area contributed by atoms with Crippen molar-refractivity contribution in [3.05, 3.63) is 65.4 Å². The van der Waals surface area contributed by atoms with E-state index in [2.05, 4.69) is 10.4 Å². The van der Waals surface area contributed by atoms with Crippen LogP contribution in [0.4, 0.5) is 5.69 Å². The van der Waals surface area contributed by atoms with E-state index in [0.29, 0.717) is 23.1 Å². The van der Waals surface area contributed by atoms with Crippen LogP contribution in [0.3, 0.4) is 0 Å². The molecule has 0 aliphatic rings. The van der Waals surface area contributed by atoms with Gasteiger partial charge in [0.25, 0.3) is 0 Å². The fourth-order valence-electron chi connectivity index (χ4n) is 2.59. The van der Waals surface area contributed by atoms with Crippen molar-refractivity contribution in [1.82, 2.24) is 9.78 Å². The number of ether oxygens (including phenoxy) is 2. The molecule has 0 fully saturated rings. The molecule has 1 heterocycles. The van der Waals surface area contributed by atoms with Crippen LogP contribution in [0.25, 0.3) is 11.1 Å². The highest BCUT2D eigenvalue weighted by Gasteiger charge is 2.16. The lowest BCUT2D eigenvalue weighted by Gasteiger charge is -2.16. The van der Waals surface area contributed by atoms with Crippen molar-refractivity contribution >= 4 is 23.3 Å². The molecule has 1 aromatic heterocycles. The summed E-state index contributed by atoms with van der Waals surface area (Å²) >= 11 is 6.63. The molecule has 0 aliphatic carbocycles. The molecule has 2 aromatic carbocycles. The Morgan fingerprint density at radius 2 is 2.00 bits per heavy atom. The van der Waals surface area contributed by atoms with Crippen LogP contribution in [0.1, 0.15) is 5.56 Å². The molecule has 6 nitrogen and oxygen atoms in total. The lowest BCUT2D eigenvalue weighted by atomic mass is 10.1. The Bertz CT molecular complexity index is 925. The largest absolute Gasteiger partial charge is 0.487 e. The Labute approximate surface area is 162 Å². The second-order valence-electron chi connectivity index (χ2n) is 5.91. The van der Waals surface area contributed by atoms with E-state index in [9.17, 15) is 4.79 Å². The molecule has 140 valence electrons. The van der Waals surface area contributed by atoms with Gasteiger partial charge in [-0.2, -0.15) is 5.10 Å². The molecular weight excluding hydrogens is 366 g/mol. The van der Waals surface area contributed by atoms with Crippen LogP contribution in [0, 0.1) is 0 Å². The summed E-state index contributed by atoms with van der Waals surface area (Å²) < 4.78 is 12.3. The SMILES string of the molecule is COC(=O)CNc1c(OCc2ccccc2)ccc(-c2cnn(C)c2)c1Cl. The van der Waals surface area contributed by atoms with Gasteiger partial charge in [0.2, 0.25) is 0 Å². The van der Waals surface area contributed by atoms with Crippen molar-refractivity contribution in [2.24, 2.45) is 7.05 Å². The standard InChI is InChI=1S/C20H20ClN3O3/c1-24-12-15(10-23-24)16-8-9-17(27-13-14-6-4-3-5-7-14)20(19(16)21)22-11-18(25)26-2/h3-10,12,22H,11,13H2,1-2H3. The van der Waals surface area contributed by atoms with Gasteiger partial charge in [0.05, 0.1) is 24.0 Å². The normalized spacial score (nSPS) is 10.5. The van der Waals surface area contributed by atoms with Crippen LogP contribution in [0.15, 0.2) is 54.9 Å². The molecule has 0 bridgehead atoms. The molecule has 7 heteroatoms. The summed E-state index contributed by atoms with van der Waals surface area (Å²) in [6.45, 7) is 0.366. The number of hydrogen-bond acceptors (Lipinski definition) is 5. The summed E-state index contributed by atoms with van der Waals surface area (Å²) in [5.74, 6) is 0.159. The maximum absolute atomic E-state index is 11.6. The number of carbonyl (C=O) groups is 1. The Kier molecular flexibility index (Phi) is 5.98. The zero-order valence-corrected chi connectivity index (χ0v) is 15.9. The molecule has 0 amide bonds. The first kappa shape index (κ1) is 18.8. The number of nitrogens with one attached hydrogen (secondary N) is 1. The smallest absolute Gasteiger partial charge is 0.325 e. The minimum Gasteiger partial charge on any atom is -0.487 e. The number of carbonyl (C=O) groups excluding carboxylic acids is 1. The van der Waals surface area contributed by atoms with Gasteiger partial charge in [-0.05, 0) is 17.7 Å². The molecule has 0 spiro atoms. The molecule has 0 saturated carbocycles. The Morgan fingerprint density at radius 1 is 1.22 bits per heavy atom. The number of esters is 1. The number of rotatable bonds is 7. The number of nitrogens with zero attached hydrogens (tertiary/aromatic N) is 2. The van der Waals surface area contributed by atoms with E-state index >= 15 is 0 Å². The highest BCUT2D eigenvalue weighted by Crippen LogP contribution is 2.40. The van der Waals surface area contributed by atoms with Gasteiger partial charge in [-0.25, -0.2) is 0 Å². The van der Waals surface area contributed by atoms with E-state index in [-0.39, 0.29) is 6.54 Å². The molecule has 0 atom stereocenters. The zero-order chi connectivity index (χ0) is 19.2. The molecule has 0 aliphatic heterocycles. The predicted molar refractivity (Wildman–Crippen MR) is 105 cm³/mol. The first-order valence-electron chi connectivity index (χ1n) is 8.37. The van der Waals surface area contributed by atoms with E-state index in [1.807, 2.05) is 55.7 Å². The third kappa shape index (κ3) is 4.60. The molecule has 27 heavy (non-hydrogen) atoms. The van der Waals surface area contributed by atoms with Crippen LogP contribution < -0.4 is 10.1 Å². The van der Waals surface area contributed by atoms with Crippen molar-refractivity contribution in [3.8, 4) is 16.9 Å². The minimum absolute atomic E-state index is 0.0194. The number of aryl methyl sites for hydroxylation is 1. The third-order valence-corrected chi connectivity index (χ3v) is 4.39. The van der Waals surface area contributed by atoms with Crippen molar-refractivity contribution in [2.45, 2.75) is 6.61 Å². The number of halogens is 1. The summed E-state index contributed by atoms with van der Waals surface area (Å²) in [5.41, 5.74) is 3.24. The fourth-order valence-corrected chi connectivity index (χ4v) is 2.93. The average Bonchev–Trinajstić information content (AvgIpc) is 3.12. The first-order chi connectivity index (χ1) is 13.1. The van der Waals surface area contributed by atoms with Gasteiger partial charge in [0.1, 0.15) is 18.9 Å². The number of methoxy groups -OCH3 is 1. The summed E-state index contributed by atoms with van der Waals surface area (Å²) in [6, 6.07) is 13.5. The van der Waals surface area contributed by atoms with Gasteiger partial charge in [-0.3, -0.25) is 9.48 Å². The molecule has 3 aromatic rings. The Balaban J connectivity index is 1.90. The molecule has 1 N–H and O–H groups in total. The van der Waals surface area contributed by atoms with Crippen molar-refractivity contribution in [2.75, 3.05) is 19.0 Å². The maximum Gasteiger partial charge on any atom is 0.325 e. The molecule has 3 rings (SSSR count). The number of anilines is 1. The second-order valence-corrected chi connectivity index (χ2v) is 6.28. The molecule has 0 radical (unpaired) electrons. The topological polar surface area (TPSA) is 65.4 Å². The van der Waals surface area contributed by atoms with Gasteiger partial charge >= 0.3 is 5.97 Å². The van der Waals surface area contributed by atoms with E-state index in [0.717, 1.165) is 16.7 Å². The van der Waals surface area contributed by atoms with Gasteiger partial charge in [-0.15, -0.1) is 0 Å². The van der Waals surface area contributed by atoms with Crippen LogP contribution >= 0.6 is 11.6 Å². The van der Waals surface area contributed by atoms with Crippen molar-refractivity contribution in [3.63, 3.8) is 0 Å². The Morgan fingerprint density at radius 3 is 2.67 bits per heavy atom. The van der Waals surface area contributed by atoms with E-state index in [1.54, 1.807) is 10.9 Å². The monoisotopic (exact) mass is 385 g/mol. The number of benzene rings is 2. The highest BCUT2D eigenvalue weighted by molar-refractivity contribution is 6.36. The van der Waals surface area contributed by atoms with E-state index in [1.165, 1.54) is 7.11 Å². The van der Waals surface area contributed by atoms with Gasteiger partial charge in [0.15, 0.2) is 0 Å². The molecule has 0 unspecified atom stereocenters. The van der Waals surface area contributed by atoms with E-state index < -0.39 is 5.97 Å². The summed E-state index contributed by atoms with van der Waals surface area (Å²) in [5, 5.41) is 7.66. The van der Waals surface area contributed by atoms with Gasteiger partial charge in [0, 0.05) is 24.4 Å². The third-order valence-electron chi connectivity index (χ3n) is 3.99. The van der Waals surface area contributed by atoms with Crippen molar-refractivity contribution in [1.29, 1.82) is 0 Å². The average molecular weight is 386 g/mol. The first-order valence-corrected chi connectivity index (χ1v) is 8.75. The van der Waals surface area contributed by atoms with Crippen molar-refractivity contribution < 1.29 is 14.3 Å². The number of hydrogen-bond donors (Lipinski definition) is 1. The van der Waals surface area contributed by atoms with Crippen LogP contribution in [0.5, 0.6) is 5.75 Å². The fraction of sp³-hybridized carbons (Fsp3) is 0.200. The minimum atomic E-state index is -0.396. The molecular formula is C20H20ClN3O3. The number of aromatic nitrogens is 2. The summed E-state index contributed by atoms with van der Waals surface area (Å²) in [7, 11) is 3.18. The summed E-state index contributed by atoms with van der Waals surface area (Å²) in [6.07, 6.45) is 3.60. The lowest BCUT2D eigenvalue weighted by molar-refractivity contribution is -0.138.